The lowest BCUT2D eigenvalue weighted by Crippen LogP contribution is -2.71. The molecule has 10 nitrogen and oxygen atoms in total. The summed E-state index contributed by atoms with van der Waals surface area (Å²) in [7, 11) is -4.09. The van der Waals surface area contributed by atoms with Crippen molar-refractivity contribution < 1.29 is 18.0 Å². The second-order valence-electron chi connectivity index (χ2n) is 12.5. The fourth-order valence-electron chi connectivity index (χ4n) is 6.60. The number of hydrazine groups is 2. The number of carbonyl (C=O) groups excluding carboxylic acids is 2. The minimum atomic E-state index is -4.09. The van der Waals surface area contributed by atoms with E-state index < -0.39 is 27.5 Å². The molecule has 2 amide bonds. The molecule has 4 heterocycles. The molecule has 0 aliphatic carbocycles. The van der Waals surface area contributed by atoms with Gasteiger partial charge in [0, 0.05) is 43.6 Å². The maximum Gasteiger partial charge on any atom is 0.253 e. The molecule has 3 aliphatic rings. The Hall–Kier alpha value is -3.09. The number of hydrogen-bond acceptors (Lipinski definition) is 7. The van der Waals surface area contributed by atoms with E-state index in [9.17, 15) is 18.0 Å². The average molecular weight is 639 g/mol. The van der Waals surface area contributed by atoms with Crippen LogP contribution in [0.5, 0.6) is 0 Å². The van der Waals surface area contributed by atoms with Crippen LogP contribution in [-0.2, 0) is 25.2 Å². The van der Waals surface area contributed by atoms with Gasteiger partial charge in [-0.3, -0.25) is 14.6 Å². The largest absolute Gasteiger partial charge is 0.341 e. The van der Waals surface area contributed by atoms with Crippen molar-refractivity contribution in [2.75, 3.05) is 32.7 Å². The van der Waals surface area contributed by atoms with E-state index in [1.54, 1.807) is 47.6 Å². The zero-order chi connectivity index (χ0) is 31.1. The van der Waals surface area contributed by atoms with E-state index in [0.29, 0.717) is 30.6 Å². The van der Waals surface area contributed by atoms with Gasteiger partial charge >= 0.3 is 0 Å². The molecule has 3 aliphatic heterocycles. The van der Waals surface area contributed by atoms with Crippen molar-refractivity contribution in [3.8, 4) is 0 Å². The standard InChI is InChI=1S/C32H39ClN6O4S/c1-23-11-17-36(18-12-23)31(41)29-21-37(44(42,43)28-8-6-24-19-27(33)7-5-25(24)20-28)22-30(40)39(29)35-38-16-4-3-13-32(38,2)26-9-14-34-15-10-26/h5-10,14-15,19-20,23,29,35H,3-4,11-13,16-18,21-22H2,1-2H3. The molecule has 0 saturated carbocycles. The molecule has 234 valence electrons. The SMILES string of the molecule is CC1CCN(C(=O)C2CN(S(=O)(=O)c3ccc4cc(Cl)ccc4c3)CC(=O)N2NN2CCCCC2(C)c2ccncc2)CC1. The normalized spacial score (nSPS) is 24.6. The van der Waals surface area contributed by atoms with Crippen LogP contribution >= 0.6 is 11.6 Å². The maximum absolute atomic E-state index is 14.1. The van der Waals surface area contributed by atoms with E-state index >= 15 is 0 Å². The predicted octanol–water partition coefficient (Wildman–Crippen LogP) is 4.17. The lowest BCUT2D eigenvalue weighted by molar-refractivity contribution is -0.168. The van der Waals surface area contributed by atoms with Crippen molar-refractivity contribution in [3.05, 3.63) is 71.5 Å². The Balaban J connectivity index is 1.32. The minimum absolute atomic E-state index is 0.0702. The number of hydrogen-bond donors (Lipinski definition) is 1. The van der Waals surface area contributed by atoms with Gasteiger partial charge in [-0.25, -0.2) is 18.4 Å². The first kappa shape index (κ1) is 30.9. The summed E-state index contributed by atoms with van der Waals surface area (Å²) in [6.07, 6.45) is 8.04. The van der Waals surface area contributed by atoms with Gasteiger partial charge in [0.1, 0.15) is 6.04 Å². The van der Waals surface area contributed by atoms with Gasteiger partial charge in [-0.05, 0) is 97.7 Å². The topological polar surface area (TPSA) is 106 Å². The summed E-state index contributed by atoms with van der Waals surface area (Å²) in [6, 6.07) is 13.0. The van der Waals surface area contributed by atoms with E-state index in [1.165, 1.54) is 11.1 Å². The summed E-state index contributed by atoms with van der Waals surface area (Å²) in [5.41, 5.74) is 3.93. The number of nitrogens with one attached hydrogen (secondary N) is 1. The number of likely N-dealkylation sites (tertiary alicyclic amines) is 1. The Kier molecular flexibility index (Phi) is 8.69. The van der Waals surface area contributed by atoms with Crippen molar-refractivity contribution >= 4 is 44.2 Å². The fourth-order valence-corrected chi connectivity index (χ4v) is 8.22. The number of halogens is 1. The summed E-state index contributed by atoms with van der Waals surface area (Å²) in [4.78, 5) is 34.1. The number of fused-ring (bicyclic) bond motifs is 1. The highest BCUT2D eigenvalue weighted by atomic mass is 35.5. The molecule has 3 saturated heterocycles. The van der Waals surface area contributed by atoms with E-state index in [1.807, 2.05) is 17.1 Å². The van der Waals surface area contributed by atoms with Crippen molar-refractivity contribution in [3.63, 3.8) is 0 Å². The van der Waals surface area contributed by atoms with Crippen LogP contribution in [0.3, 0.4) is 0 Å². The molecule has 44 heavy (non-hydrogen) atoms. The molecule has 6 rings (SSSR count). The molecule has 12 heteroatoms. The summed E-state index contributed by atoms with van der Waals surface area (Å²) in [6.45, 7) is 5.58. The van der Waals surface area contributed by atoms with Crippen LogP contribution in [0.2, 0.25) is 5.02 Å². The smallest absolute Gasteiger partial charge is 0.253 e. The lowest BCUT2D eigenvalue weighted by atomic mass is 9.84. The molecule has 2 aromatic carbocycles. The summed E-state index contributed by atoms with van der Waals surface area (Å²) in [5, 5.41) is 5.51. The number of rotatable bonds is 6. The van der Waals surface area contributed by atoms with Crippen LogP contribution in [0.1, 0.15) is 51.5 Å². The highest BCUT2D eigenvalue weighted by Gasteiger charge is 2.46. The van der Waals surface area contributed by atoms with Crippen LogP contribution < -0.4 is 5.53 Å². The Morgan fingerprint density at radius 1 is 1.00 bits per heavy atom. The molecular weight excluding hydrogens is 600 g/mol. The van der Waals surface area contributed by atoms with Crippen molar-refractivity contribution in [1.29, 1.82) is 0 Å². The van der Waals surface area contributed by atoms with Gasteiger partial charge in [0.25, 0.3) is 5.91 Å². The number of pyridine rings is 1. The first-order chi connectivity index (χ1) is 21.1. The van der Waals surface area contributed by atoms with Crippen LogP contribution in [0.25, 0.3) is 10.8 Å². The third kappa shape index (κ3) is 5.95. The zero-order valence-electron chi connectivity index (χ0n) is 25.2. The summed E-state index contributed by atoms with van der Waals surface area (Å²) >= 11 is 6.12. The van der Waals surface area contributed by atoms with Gasteiger partial charge in [-0.2, -0.15) is 9.84 Å². The molecule has 1 N–H and O–H groups in total. The minimum Gasteiger partial charge on any atom is -0.341 e. The molecule has 2 unspecified atom stereocenters. The molecule has 3 aromatic rings. The number of piperidine rings is 2. The van der Waals surface area contributed by atoms with Gasteiger partial charge in [0.15, 0.2) is 0 Å². The maximum atomic E-state index is 14.1. The number of amides is 2. The number of piperazine rings is 1. The Morgan fingerprint density at radius 3 is 2.45 bits per heavy atom. The molecule has 1 aromatic heterocycles. The van der Waals surface area contributed by atoms with Crippen molar-refractivity contribution in [2.45, 2.75) is 62.4 Å². The third-order valence-electron chi connectivity index (χ3n) is 9.48. The third-order valence-corrected chi connectivity index (χ3v) is 11.5. The van der Waals surface area contributed by atoms with Crippen molar-refractivity contribution in [2.24, 2.45) is 5.92 Å². The van der Waals surface area contributed by atoms with Crippen LogP contribution in [0, 0.1) is 5.92 Å². The predicted molar refractivity (Wildman–Crippen MR) is 169 cm³/mol. The Morgan fingerprint density at radius 2 is 1.70 bits per heavy atom. The molecule has 0 bridgehead atoms. The van der Waals surface area contributed by atoms with E-state index in [0.717, 1.165) is 52.7 Å². The van der Waals surface area contributed by atoms with Crippen LogP contribution in [0.15, 0.2) is 65.8 Å². The first-order valence-electron chi connectivity index (χ1n) is 15.3. The average Bonchev–Trinajstić information content (AvgIpc) is 3.03. The molecule has 0 spiro atoms. The highest BCUT2D eigenvalue weighted by Crippen LogP contribution is 2.36. The summed E-state index contributed by atoms with van der Waals surface area (Å²) in [5.74, 6) is -0.206. The molecule has 3 fully saturated rings. The lowest BCUT2D eigenvalue weighted by Gasteiger charge is -2.50. The fraction of sp³-hybridized carbons (Fsp3) is 0.469. The first-order valence-corrected chi connectivity index (χ1v) is 17.1. The van der Waals surface area contributed by atoms with Gasteiger partial charge in [0.05, 0.1) is 17.0 Å². The van der Waals surface area contributed by atoms with Gasteiger partial charge < -0.3 is 4.90 Å². The quantitative estimate of drug-likeness (QED) is 0.432. The Bertz CT molecular complexity index is 1650. The van der Waals surface area contributed by atoms with E-state index in [2.05, 4.69) is 24.4 Å². The summed E-state index contributed by atoms with van der Waals surface area (Å²) < 4.78 is 29.1. The number of carbonyl (C=O) groups is 2. The Labute approximate surface area is 263 Å². The number of sulfonamides is 1. The van der Waals surface area contributed by atoms with Gasteiger partial charge in [0.2, 0.25) is 15.9 Å². The monoisotopic (exact) mass is 638 g/mol. The second kappa shape index (κ2) is 12.4. The zero-order valence-corrected chi connectivity index (χ0v) is 26.7. The van der Waals surface area contributed by atoms with E-state index in [-0.39, 0.29) is 23.9 Å². The number of benzene rings is 2. The van der Waals surface area contributed by atoms with E-state index in [4.69, 9.17) is 11.6 Å². The number of aromatic nitrogens is 1. The van der Waals surface area contributed by atoms with Gasteiger partial charge in [-0.1, -0.05) is 30.7 Å². The van der Waals surface area contributed by atoms with Crippen LogP contribution in [0.4, 0.5) is 0 Å². The molecular formula is C32H39ClN6O4S. The highest BCUT2D eigenvalue weighted by molar-refractivity contribution is 7.89. The molecule has 0 radical (unpaired) electrons. The number of nitrogens with zero attached hydrogens (tertiary/aromatic N) is 5. The van der Waals surface area contributed by atoms with Crippen LogP contribution in [-0.4, -0.2) is 83.2 Å². The second-order valence-corrected chi connectivity index (χ2v) is 14.8. The molecule has 2 atom stereocenters. The van der Waals surface area contributed by atoms with Crippen molar-refractivity contribution in [1.82, 2.24) is 29.7 Å². The van der Waals surface area contributed by atoms with Gasteiger partial charge in [-0.15, -0.1) is 0 Å².